The van der Waals surface area contributed by atoms with Crippen molar-refractivity contribution in [1.82, 2.24) is 15.5 Å². The van der Waals surface area contributed by atoms with Crippen molar-refractivity contribution < 1.29 is 4.79 Å². The van der Waals surface area contributed by atoms with E-state index >= 15 is 0 Å². The van der Waals surface area contributed by atoms with Gasteiger partial charge in [0, 0.05) is 24.7 Å². The highest BCUT2D eigenvalue weighted by Gasteiger charge is 2.27. The van der Waals surface area contributed by atoms with Crippen molar-refractivity contribution in [3.05, 3.63) is 0 Å². The standard InChI is InChI=1S/C16H31N3O/c1-3-6-13(2)18-16(20)12-19-10-5-4-7-15(19)11-17-14-8-9-14/h13-15,17H,3-12H2,1-2H3,(H,18,20). The molecule has 2 fully saturated rings. The number of rotatable bonds is 8. The van der Waals surface area contributed by atoms with Crippen molar-refractivity contribution in [2.24, 2.45) is 0 Å². The maximum atomic E-state index is 12.1. The van der Waals surface area contributed by atoms with E-state index < -0.39 is 0 Å². The highest BCUT2D eigenvalue weighted by Crippen LogP contribution is 2.21. The summed E-state index contributed by atoms with van der Waals surface area (Å²) in [5.74, 6) is 0.198. The van der Waals surface area contributed by atoms with Crippen molar-refractivity contribution in [2.45, 2.75) is 76.9 Å². The first-order valence-corrected chi connectivity index (χ1v) is 8.45. The molecule has 0 radical (unpaired) electrons. The molecule has 1 aliphatic carbocycles. The second-order valence-electron chi connectivity index (χ2n) is 6.56. The average Bonchev–Trinajstić information content (AvgIpc) is 3.22. The maximum Gasteiger partial charge on any atom is 0.234 e. The number of hydrogen-bond donors (Lipinski definition) is 2. The van der Waals surface area contributed by atoms with Crippen LogP contribution in [0.1, 0.15) is 58.8 Å². The number of carbonyl (C=O) groups excluding carboxylic acids is 1. The SMILES string of the molecule is CCCC(C)NC(=O)CN1CCCCC1CNC1CC1. The van der Waals surface area contributed by atoms with Gasteiger partial charge in [0.1, 0.15) is 0 Å². The van der Waals surface area contributed by atoms with Crippen LogP contribution in [0.2, 0.25) is 0 Å². The van der Waals surface area contributed by atoms with E-state index in [0.29, 0.717) is 18.6 Å². The number of carbonyl (C=O) groups is 1. The summed E-state index contributed by atoms with van der Waals surface area (Å²) >= 11 is 0. The van der Waals surface area contributed by atoms with Gasteiger partial charge in [-0.05, 0) is 45.6 Å². The van der Waals surface area contributed by atoms with Gasteiger partial charge < -0.3 is 10.6 Å². The molecule has 0 aromatic heterocycles. The summed E-state index contributed by atoms with van der Waals surface area (Å²) in [5.41, 5.74) is 0. The zero-order valence-electron chi connectivity index (χ0n) is 13.2. The lowest BCUT2D eigenvalue weighted by Crippen LogP contribution is -2.50. The summed E-state index contributed by atoms with van der Waals surface area (Å²) in [6.45, 7) is 6.97. The Bertz CT molecular complexity index is 304. The number of amides is 1. The first-order chi connectivity index (χ1) is 9.69. The second kappa shape index (κ2) is 7.99. The first-order valence-electron chi connectivity index (χ1n) is 8.45. The largest absolute Gasteiger partial charge is 0.353 e. The van der Waals surface area contributed by atoms with Crippen LogP contribution in [-0.2, 0) is 4.79 Å². The number of piperidine rings is 1. The molecular weight excluding hydrogens is 250 g/mol. The summed E-state index contributed by atoms with van der Waals surface area (Å²) in [4.78, 5) is 14.5. The van der Waals surface area contributed by atoms with Gasteiger partial charge in [-0.1, -0.05) is 19.8 Å². The lowest BCUT2D eigenvalue weighted by atomic mass is 10.0. The van der Waals surface area contributed by atoms with Gasteiger partial charge in [-0.25, -0.2) is 0 Å². The monoisotopic (exact) mass is 281 g/mol. The topological polar surface area (TPSA) is 44.4 Å². The molecule has 2 N–H and O–H groups in total. The lowest BCUT2D eigenvalue weighted by molar-refractivity contribution is -0.123. The van der Waals surface area contributed by atoms with Crippen molar-refractivity contribution in [3.63, 3.8) is 0 Å². The fourth-order valence-corrected chi connectivity index (χ4v) is 3.10. The summed E-state index contributed by atoms with van der Waals surface area (Å²) < 4.78 is 0. The van der Waals surface area contributed by atoms with Crippen LogP contribution in [0.4, 0.5) is 0 Å². The van der Waals surface area contributed by atoms with E-state index in [2.05, 4.69) is 29.4 Å². The predicted molar refractivity (Wildman–Crippen MR) is 82.7 cm³/mol. The van der Waals surface area contributed by atoms with Gasteiger partial charge in [0.25, 0.3) is 0 Å². The Morgan fingerprint density at radius 1 is 1.30 bits per heavy atom. The van der Waals surface area contributed by atoms with Gasteiger partial charge in [0.05, 0.1) is 6.54 Å². The molecule has 1 saturated heterocycles. The number of nitrogens with one attached hydrogen (secondary N) is 2. The molecule has 2 atom stereocenters. The minimum Gasteiger partial charge on any atom is -0.353 e. The zero-order chi connectivity index (χ0) is 14.4. The van der Waals surface area contributed by atoms with Crippen molar-refractivity contribution >= 4 is 5.91 Å². The van der Waals surface area contributed by atoms with E-state index in [0.717, 1.165) is 32.0 Å². The molecule has 0 aromatic carbocycles. The molecule has 1 aliphatic heterocycles. The first kappa shape index (κ1) is 15.8. The van der Waals surface area contributed by atoms with Crippen LogP contribution in [0.25, 0.3) is 0 Å². The van der Waals surface area contributed by atoms with Gasteiger partial charge in [0.15, 0.2) is 0 Å². The number of nitrogens with zero attached hydrogens (tertiary/aromatic N) is 1. The Morgan fingerprint density at radius 3 is 2.80 bits per heavy atom. The van der Waals surface area contributed by atoms with Crippen LogP contribution in [0.3, 0.4) is 0 Å². The summed E-state index contributed by atoms with van der Waals surface area (Å²) in [6, 6.07) is 1.62. The minimum absolute atomic E-state index is 0.198. The van der Waals surface area contributed by atoms with Crippen LogP contribution in [0.15, 0.2) is 0 Å². The highest BCUT2D eigenvalue weighted by atomic mass is 16.2. The number of likely N-dealkylation sites (tertiary alicyclic amines) is 1. The Labute approximate surface area is 123 Å². The number of hydrogen-bond acceptors (Lipinski definition) is 3. The molecule has 1 saturated carbocycles. The Hall–Kier alpha value is -0.610. The average molecular weight is 281 g/mol. The Balaban J connectivity index is 1.73. The van der Waals surface area contributed by atoms with E-state index in [1.807, 2.05) is 0 Å². The molecule has 2 aliphatic rings. The summed E-state index contributed by atoms with van der Waals surface area (Å²) in [5, 5.41) is 6.74. The van der Waals surface area contributed by atoms with Crippen LogP contribution in [0, 0.1) is 0 Å². The molecule has 0 spiro atoms. The van der Waals surface area contributed by atoms with Crippen LogP contribution in [0.5, 0.6) is 0 Å². The second-order valence-corrected chi connectivity index (χ2v) is 6.56. The molecule has 116 valence electrons. The normalized spacial score (nSPS) is 25.4. The third-order valence-electron chi connectivity index (χ3n) is 4.44. The molecule has 4 heteroatoms. The Kier molecular flexibility index (Phi) is 6.30. The van der Waals surface area contributed by atoms with E-state index in [4.69, 9.17) is 0 Å². The molecule has 2 unspecified atom stereocenters. The highest BCUT2D eigenvalue weighted by molar-refractivity contribution is 5.78. The van der Waals surface area contributed by atoms with Gasteiger partial charge in [0.2, 0.25) is 5.91 Å². The lowest BCUT2D eigenvalue weighted by Gasteiger charge is -2.35. The van der Waals surface area contributed by atoms with E-state index in [1.54, 1.807) is 0 Å². The zero-order valence-corrected chi connectivity index (χ0v) is 13.2. The summed E-state index contributed by atoms with van der Waals surface area (Å²) in [6.07, 6.45) is 8.64. The van der Waals surface area contributed by atoms with Gasteiger partial charge in [-0.15, -0.1) is 0 Å². The fourth-order valence-electron chi connectivity index (χ4n) is 3.10. The molecule has 2 rings (SSSR count). The third kappa shape index (κ3) is 5.41. The fraction of sp³-hybridized carbons (Fsp3) is 0.938. The molecule has 4 nitrogen and oxygen atoms in total. The molecule has 20 heavy (non-hydrogen) atoms. The predicted octanol–water partition coefficient (Wildman–Crippen LogP) is 1.90. The molecule has 1 heterocycles. The van der Waals surface area contributed by atoms with E-state index in [1.165, 1.54) is 32.1 Å². The van der Waals surface area contributed by atoms with Gasteiger partial charge >= 0.3 is 0 Å². The van der Waals surface area contributed by atoms with Crippen molar-refractivity contribution in [3.8, 4) is 0 Å². The smallest absolute Gasteiger partial charge is 0.234 e. The van der Waals surface area contributed by atoms with Gasteiger partial charge in [-0.2, -0.15) is 0 Å². The summed E-state index contributed by atoms with van der Waals surface area (Å²) in [7, 11) is 0. The van der Waals surface area contributed by atoms with Crippen LogP contribution >= 0.6 is 0 Å². The molecular formula is C16H31N3O. The van der Waals surface area contributed by atoms with E-state index in [9.17, 15) is 4.79 Å². The molecule has 0 aromatic rings. The van der Waals surface area contributed by atoms with Gasteiger partial charge in [-0.3, -0.25) is 9.69 Å². The molecule has 1 amide bonds. The van der Waals surface area contributed by atoms with Crippen LogP contribution < -0.4 is 10.6 Å². The van der Waals surface area contributed by atoms with Crippen molar-refractivity contribution in [1.29, 1.82) is 0 Å². The quantitative estimate of drug-likeness (QED) is 0.714. The molecule has 0 bridgehead atoms. The minimum atomic E-state index is 0.198. The maximum absolute atomic E-state index is 12.1. The third-order valence-corrected chi connectivity index (χ3v) is 4.44. The van der Waals surface area contributed by atoms with Crippen molar-refractivity contribution in [2.75, 3.05) is 19.6 Å². The Morgan fingerprint density at radius 2 is 2.10 bits per heavy atom. The van der Waals surface area contributed by atoms with E-state index in [-0.39, 0.29) is 5.91 Å². The van der Waals surface area contributed by atoms with Crippen LogP contribution in [-0.4, -0.2) is 48.6 Å².